The molecule has 0 aromatic carbocycles. The molecule has 4 nitrogen and oxygen atoms in total. The number of ether oxygens (including phenoxy) is 1. The Kier molecular flexibility index (Phi) is 3.12. The zero-order valence-corrected chi connectivity index (χ0v) is 11.7. The molecule has 1 saturated heterocycles. The lowest BCUT2D eigenvalue weighted by molar-refractivity contribution is 0.0985. The zero-order valence-electron chi connectivity index (χ0n) is 10.9. The van der Waals surface area contributed by atoms with E-state index in [1.807, 2.05) is 12.1 Å². The molecular formula is C14H16ClN3O. The van der Waals surface area contributed by atoms with E-state index in [1.165, 1.54) is 0 Å². The van der Waals surface area contributed by atoms with E-state index in [0.29, 0.717) is 18.4 Å². The van der Waals surface area contributed by atoms with Crippen LogP contribution in [-0.2, 0) is 10.2 Å². The first kappa shape index (κ1) is 12.7. The Morgan fingerprint density at radius 1 is 1.53 bits per heavy atom. The molecule has 2 aliphatic rings. The maximum Gasteiger partial charge on any atom is 0.131 e. The van der Waals surface area contributed by atoms with E-state index in [2.05, 4.69) is 22.9 Å². The molecule has 1 aromatic heterocycles. The van der Waals surface area contributed by atoms with Crippen LogP contribution >= 0.6 is 11.6 Å². The van der Waals surface area contributed by atoms with Crippen LogP contribution in [-0.4, -0.2) is 30.8 Å². The van der Waals surface area contributed by atoms with Gasteiger partial charge in [-0.15, -0.1) is 0 Å². The lowest BCUT2D eigenvalue weighted by Crippen LogP contribution is -2.44. The van der Waals surface area contributed by atoms with Gasteiger partial charge in [-0.05, 0) is 37.5 Å². The summed E-state index contributed by atoms with van der Waals surface area (Å²) in [5, 5.41) is 9.77. The highest BCUT2D eigenvalue weighted by Crippen LogP contribution is 2.48. The highest BCUT2D eigenvalue weighted by molar-refractivity contribution is 6.29. The van der Waals surface area contributed by atoms with E-state index in [0.717, 1.165) is 30.8 Å². The van der Waals surface area contributed by atoms with Gasteiger partial charge in [0.1, 0.15) is 11.0 Å². The molecule has 1 aliphatic heterocycles. The number of nitrogens with zero attached hydrogens (tertiary/aromatic N) is 3. The fourth-order valence-corrected chi connectivity index (χ4v) is 2.77. The van der Waals surface area contributed by atoms with Gasteiger partial charge in [0.25, 0.3) is 0 Å². The van der Waals surface area contributed by atoms with Crippen LogP contribution in [0.25, 0.3) is 0 Å². The van der Waals surface area contributed by atoms with Crippen molar-refractivity contribution in [2.45, 2.75) is 31.2 Å². The molecule has 1 atom stereocenters. The minimum Gasteiger partial charge on any atom is -0.377 e. The van der Waals surface area contributed by atoms with Gasteiger partial charge in [-0.2, -0.15) is 5.26 Å². The molecule has 1 aromatic rings. The lowest BCUT2D eigenvalue weighted by atomic mass is 9.98. The largest absolute Gasteiger partial charge is 0.377 e. The molecule has 1 aliphatic carbocycles. The summed E-state index contributed by atoms with van der Waals surface area (Å²) < 4.78 is 5.44. The molecule has 2 fully saturated rings. The van der Waals surface area contributed by atoms with E-state index >= 15 is 0 Å². The number of nitriles is 1. The van der Waals surface area contributed by atoms with Crippen LogP contribution in [0.2, 0.25) is 5.15 Å². The quantitative estimate of drug-likeness (QED) is 0.780. The predicted octanol–water partition coefficient (Wildman–Crippen LogP) is 2.52. The normalized spacial score (nSPS) is 24.9. The Labute approximate surface area is 117 Å². The second-order valence-electron chi connectivity index (χ2n) is 5.35. The first-order chi connectivity index (χ1) is 9.14. The minimum atomic E-state index is -0.323. The minimum absolute atomic E-state index is 0.282. The van der Waals surface area contributed by atoms with Gasteiger partial charge in [0.05, 0.1) is 30.7 Å². The molecule has 3 rings (SSSR count). The van der Waals surface area contributed by atoms with Crippen LogP contribution in [0.15, 0.2) is 12.1 Å². The first-order valence-corrected chi connectivity index (χ1v) is 6.96. The molecule has 2 heterocycles. The third-order valence-electron chi connectivity index (χ3n) is 3.96. The maximum absolute atomic E-state index is 9.31. The molecule has 0 spiro atoms. The predicted molar refractivity (Wildman–Crippen MR) is 73.4 cm³/mol. The van der Waals surface area contributed by atoms with Crippen molar-refractivity contribution < 1.29 is 4.74 Å². The van der Waals surface area contributed by atoms with Crippen LogP contribution in [0.4, 0.5) is 5.82 Å². The molecule has 0 bridgehead atoms. The molecule has 100 valence electrons. The summed E-state index contributed by atoms with van der Waals surface area (Å²) >= 11 is 6.13. The summed E-state index contributed by atoms with van der Waals surface area (Å²) in [6, 6.07) is 6.53. The third kappa shape index (κ3) is 2.29. The van der Waals surface area contributed by atoms with Gasteiger partial charge in [0, 0.05) is 6.54 Å². The molecule has 1 saturated carbocycles. The van der Waals surface area contributed by atoms with Crippen molar-refractivity contribution in [3.05, 3.63) is 22.8 Å². The van der Waals surface area contributed by atoms with Gasteiger partial charge in [0.2, 0.25) is 0 Å². The summed E-state index contributed by atoms with van der Waals surface area (Å²) in [4.78, 5) is 6.61. The number of morpholine rings is 1. The summed E-state index contributed by atoms with van der Waals surface area (Å²) in [7, 11) is 0. The highest BCUT2D eigenvalue weighted by atomic mass is 35.5. The van der Waals surface area contributed by atoms with Gasteiger partial charge in [-0.25, -0.2) is 4.98 Å². The SMILES string of the molecule is CC1COCCN1c1cc(C2(C#N)CC2)cc(Cl)n1. The average Bonchev–Trinajstić information content (AvgIpc) is 3.19. The highest BCUT2D eigenvalue weighted by Gasteiger charge is 2.45. The van der Waals surface area contributed by atoms with Gasteiger partial charge in [-0.3, -0.25) is 0 Å². The fourth-order valence-electron chi connectivity index (χ4n) is 2.56. The smallest absolute Gasteiger partial charge is 0.131 e. The van der Waals surface area contributed by atoms with Crippen molar-refractivity contribution in [1.82, 2.24) is 4.98 Å². The summed E-state index contributed by atoms with van der Waals surface area (Å²) in [6.45, 7) is 4.33. The van der Waals surface area contributed by atoms with Crippen LogP contribution in [0.3, 0.4) is 0 Å². The number of anilines is 1. The van der Waals surface area contributed by atoms with Gasteiger partial charge in [0.15, 0.2) is 0 Å². The van der Waals surface area contributed by atoms with Crippen molar-refractivity contribution in [1.29, 1.82) is 5.26 Å². The number of hydrogen-bond donors (Lipinski definition) is 0. The topological polar surface area (TPSA) is 49.1 Å². The Morgan fingerprint density at radius 2 is 2.32 bits per heavy atom. The fraction of sp³-hybridized carbons (Fsp3) is 0.571. The van der Waals surface area contributed by atoms with E-state index in [4.69, 9.17) is 16.3 Å². The molecule has 19 heavy (non-hydrogen) atoms. The molecular weight excluding hydrogens is 262 g/mol. The van der Waals surface area contributed by atoms with Crippen molar-refractivity contribution in [2.24, 2.45) is 0 Å². The van der Waals surface area contributed by atoms with E-state index in [1.54, 1.807) is 0 Å². The van der Waals surface area contributed by atoms with Crippen LogP contribution in [0, 0.1) is 11.3 Å². The van der Waals surface area contributed by atoms with E-state index in [9.17, 15) is 5.26 Å². The van der Waals surface area contributed by atoms with E-state index in [-0.39, 0.29) is 11.5 Å². The third-order valence-corrected chi connectivity index (χ3v) is 4.15. The number of pyridine rings is 1. The lowest BCUT2D eigenvalue weighted by Gasteiger charge is -2.34. The zero-order chi connectivity index (χ0) is 13.5. The molecule has 5 heteroatoms. The average molecular weight is 278 g/mol. The Balaban J connectivity index is 1.96. The second kappa shape index (κ2) is 4.66. The van der Waals surface area contributed by atoms with Gasteiger partial charge < -0.3 is 9.64 Å². The molecule has 0 radical (unpaired) electrons. The number of rotatable bonds is 2. The van der Waals surface area contributed by atoms with Crippen molar-refractivity contribution in [2.75, 3.05) is 24.7 Å². The summed E-state index contributed by atoms with van der Waals surface area (Å²) in [5.41, 5.74) is 0.681. The standard InChI is InChI=1S/C14H16ClN3O/c1-10-8-19-5-4-18(10)13-7-11(6-12(15)17-13)14(9-16)2-3-14/h6-7,10H,2-5,8H2,1H3. The maximum atomic E-state index is 9.31. The van der Waals surface area contributed by atoms with Crippen LogP contribution < -0.4 is 4.90 Å². The first-order valence-electron chi connectivity index (χ1n) is 6.58. The van der Waals surface area contributed by atoms with Crippen molar-refractivity contribution >= 4 is 17.4 Å². The van der Waals surface area contributed by atoms with Crippen LogP contribution in [0.5, 0.6) is 0 Å². The molecule has 0 N–H and O–H groups in total. The Morgan fingerprint density at radius 3 is 2.95 bits per heavy atom. The Hall–Kier alpha value is -1.31. The Bertz CT molecular complexity index is 536. The number of hydrogen-bond acceptors (Lipinski definition) is 4. The van der Waals surface area contributed by atoms with Crippen molar-refractivity contribution in [3.63, 3.8) is 0 Å². The van der Waals surface area contributed by atoms with Crippen LogP contribution in [0.1, 0.15) is 25.3 Å². The summed E-state index contributed by atoms with van der Waals surface area (Å²) in [6.07, 6.45) is 1.84. The number of halogens is 1. The van der Waals surface area contributed by atoms with Gasteiger partial charge >= 0.3 is 0 Å². The van der Waals surface area contributed by atoms with E-state index < -0.39 is 0 Å². The van der Waals surface area contributed by atoms with Crippen molar-refractivity contribution in [3.8, 4) is 6.07 Å². The number of aromatic nitrogens is 1. The van der Waals surface area contributed by atoms with Gasteiger partial charge in [-0.1, -0.05) is 11.6 Å². The second-order valence-corrected chi connectivity index (χ2v) is 5.74. The molecule has 0 amide bonds. The molecule has 1 unspecified atom stereocenters. The summed E-state index contributed by atoms with van der Waals surface area (Å²) in [5.74, 6) is 0.861. The monoisotopic (exact) mass is 277 g/mol.